The Bertz CT molecular complexity index is 518. The number of rotatable bonds is 4. The molecule has 0 fully saturated rings. The van der Waals surface area contributed by atoms with Gasteiger partial charge in [0.05, 0.1) is 0 Å². The average molecular weight is 232 g/mol. The van der Waals surface area contributed by atoms with Crippen molar-refractivity contribution >= 4 is 16.8 Å². The van der Waals surface area contributed by atoms with Crippen LogP contribution in [0.1, 0.15) is 12.5 Å². The molecule has 2 rings (SSSR count). The summed E-state index contributed by atoms with van der Waals surface area (Å²) < 4.78 is 0. The third kappa shape index (κ3) is 2.47. The van der Waals surface area contributed by atoms with E-state index in [0.29, 0.717) is 13.0 Å². The number of carbonyl (C=O) groups is 1. The zero-order valence-corrected chi connectivity index (χ0v) is 9.99. The van der Waals surface area contributed by atoms with Gasteiger partial charge in [0.2, 0.25) is 0 Å². The molecule has 4 nitrogen and oxygen atoms in total. The van der Waals surface area contributed by atoms with Crippen molar-refractivity contribution in [3.05, 3.63) is 36.0 Å². The number of carbonyl (C=O) groups excluding carboxylic acids is 1. The Balaban J connectivity index is 2.16. The van der Waals surface area contributed by atoms with Crippen LogP contribution < -0.4 is 11.1 Å². The molecule has 0 saturated heterocycles. The van der Waals surface area contributed by atoms with E-state index >= 15 is 0 Å². The SMILES string of the molecule is CCNC(=O)[C@H]([NH3+])Cc1c[nH]c2ccccc12. The summed E-state index contributed by atoms with van der Waals surface area (Å²) in [6, 6.07) is 7.85. The number of nitrogens with one attached hydrogen (secondary N) is 2. The highest BCUT2D eigenvalue weighted by Crippen LogP contribution is 2.18. The van der Waals surface area contributed by atoms with Gasteiger partial charge in [0.1, 0.15) is 0 Å². The number of likely N-dealkylation sites (N-methyl/N-ethyl adjacent to an activating group) is 1. The third-order valence-corrected chi connectivity index (χ3v) is 2.86. The Kier molecular flexibility index (Phi) is 3.44. The van der Waals surface area contributed by atoms with Gasteiger partial charge in [-0.3, -0.25) is 4.79 Å². The molecule has 1 atom stereocenters. The van der Waals surface area contributed by atoms with E-state index in [-0.39, 0.29) is 11.9 Å². The van der Waals surface area contributed by atoms with Gasteiger partial charge in [0.15, 0.2) is 6.04 Å². The summed E-state index contributed by atoms with van der Waals surface area (Å²) in [5.41, 5.74) is 6.16. The molecular weight excluding hydrogens is 214 g/mol. The summed E-state index contributed by atoms with van der Waals surface area (Å²) in [7, 11) is 0. The number of amides is 1. The second-order valence-electron chi connectivity index (χ2n) is 4.16. The van der Waals surface area contributed by atoms with Gasteiger partial charge in [-0.05, 0) is 18.6 Å². The molecule has 17 heavy (non-hydrogen) atoms. The largest absolute Gasteiger partial charge is 0.361 e. The van der Waals surface area contributed by atoms with Crippen molar-refractivity contribution in [1.29, 1.82) is 0 Å². The second-order valence-corrected chi connectivity index (χ2v) is 4.16. The lowest BCUT2D eigenvalue weighted by Crippen LogP contribution is -2.68. The fourth-order valence-corrected chi connectivity index (χ4v) is 1.98. The number of benzene rings is 1. The molecule has 1 aromatic carbocycles. The van der Waals surface area contributed by atoms with Crippen LogP contribution >= 0.6 is 0 Å². The minimum Gasteiger partial charge on any atom is -0.361 e. The second kappa shape index (κ2) is 5.01. The highest BCUT2D eigenvalue weighted by atomic mass is 16.2. The molecule has 5 N–H and O–H groups in total. The number of aromatic amines is 1. The molecule has 2 aromatic rings. The summed E-state index contributed by atoms with van der Waals surface area (Å²) >= 11 is 0. The molecule has 1 amide bonds. The standard InChI is InChI=1S/C13H17N3O/c1-2-15-13(17)11(14)7-9-8-16-12-6-4-3-5-10(9)12/h3-6,8,11,16H,2,7,14H2,1H3,(H,15,17)/p+1/t11-/m1/s1. The molecule has 1 aromatic heterocycles. The zero-order valence-electron chi connectivity index (χ0n) is 9.99. The molecule has 0 aliphatic carbocycles. The van der Waals surface area contributed by atoms with Crippen LogP contribution in [-0.2, 0) is 11.2 Å². The smallest absolute Gasteiger partial charge is 0.278 e. The van der Waals surface area contributed by atoms with Crippen molar-refractivity contribution in [3.63, 3.8) is 0 Å². The predicted octanol–water partition coefficient (Wildman–Crippen LogP) is 0.457. The minimum absolute atomic E-state index is 0.0118. The Morgan fingerprint density at radius 1 is 1.47 bits per heavy atom. The summed E-state index contributed by atoms with van der Waals surface area (Å²) in [6.45, 7) is 2.56. The van der Waals surface area contributed by atoms with Gasteiger partial charge in [-0.2, -0.15) is 0 Å². The molecule has 1 heterocycles. The molecule has 0 bridgehead atoms. The predicted molar refractivity (Wildman–Crippen MR) is 67.4 cm³/mol. The van der Waals surface area contributed by atoms with E-state index < -0.39 is 0 Å². The van der Waals surface area contributed by atoms with Crippen LogP contribution in [0.3, 0.4) is 0 Å². The van der Waals surface area contributed by atoms with E-state index in [1.54, 1.807) is 0 Å². The molecule has 0 spiro atoms. The normalized spacial score (nSPS) is 12.6. The van der Waals surface area contributed by atoms with Crippen LogP contribution in [-0.4, -0.2) is 23.5 Å². The van der Waals surface area contributed by atoms with Crippen molar-refractivity contribution in [3.8, 4) is 0 Å². The van der Waals surface area contributed by atoms with Crippen molar-refractivity contribution < 1.29 is 10.5 Å². The molecule has 0 radical (unpaired) electrons. The summed E-state index contributed by atoms with van der Waals surface area (Å²) in [5, 5.41) is 3.97. The monoisotopic (exact) mass is 232 g/mol. The van der Waals surface area contributed by atoms with E-state index in [1.807, 2.05) is 31.3 Å². The fourth-order valence-electron chi connectivity index (χ4n) is 1.98. The van der Waals surface area contributed by atoms with Gasteiger partial charge in [0, 0.05) is 30.1 Å². The van der Waals surface area contributed by atoms with Gasteiger partial charge < -0.3 is 16.0 Å². The van der Waals surface area contributed by atoms with E-state index in [1.165, 1.54) is 5.39 Å². The first kappa shape index (κ1) is 11.7. The molecule has 90 valence electrons. The van der Waals surface area contributed by atoms with E-state index in [2.05, 4.69) is 22.1 Å². The maximum Gasteiger partial charge on any atom is 0.278 e. The van der Waals surface area contributed by atoms with Gasteiger partial charge in [-0.1, -0.05) is 18.2 Å². The third-order valence-electron chi connectivity index (χ3n) is 2.86. The Morgan fingerprint density at radius 3 is 3.00 bits per heavy atom. The molecule has 0 unspecified atom stereocenters. The Labute approximate surface area is 100 Å². The van der Waals surface area contributed by atoms with Crippen LogP contribution in [0.2, 0.25) is 0 Å². The van der Waals surface area contributed by atoms with Crippen LogP contribution in [0, 0.1) is 0 Å². The summed E-state index contributed by atoms with van der Waals surface area (Å²) in [6.07, 6.45) is 2.62. The van der Waals surface area contributed by atoms with E-state index in [0.717, 1.165) is 11.1 Å². The van der Waals surface area contributed by atoms with Gasteiger partial charge in [-0.25, -0.2) is 0 Å². The topological polar surface area (TPSA) is 72.5 Å². The molecule has 0 saturated carbocycles. The number of fused-ring (bicyclic) bond motifs is 1. The van der Waals surface area contributed by atoms with Crippen LogP contribution in [0.25, 0.3) is 10.9 Å². The highest BCUT2D eigenvalue weighted by Gasteiger charge is 2.18. The van der Waals surface area contributed by atoms with Gasteiger partial charge in [-0.15, -0.1) is 0 Å². The summed E-state index contributed by atoms with van der Waals surface area (Å²) in [5.74, 6) is 0.0118. The van der Waals surface area contributed by atoms with E-state index in [4.69, 9.17) is 0 Å². The van der Waals surface area contributed by atoms with Crippen molar-refractivity contribution in [1.82, 2.24) is 10.3 Å². The van der Waals surface area contributed by atoms with Gasteiger partial charge >= 0.3 is 0 Å². The number of quaternary nitrogens is 1. The van der Waals surface area contributed by atoms with Crippen molar-refractivity contribution in [2.24, 2.45) is 0 Å². The lowest BCUT2D eigenvalue weighted by molar-refractivity contribution is -0.403. The Morgan fingerprint density at radius 2 is 2.24 bits per heavy atom. The first-order chi connectivity index (χ1) is 8.22. The Hall–Kier alpha value is -1.81. The first-order valence-corrected chi connectivity index (χ1v) is 5.88. The molecule has 0 aliphatic heterocycles. The van der Waals surface area contributed by atoms with Crippen LogP contribution in [0.5, 0.6) is 0 Å². The maximum atomic E-state index is 11.6. The fraction of sp³-hybridized carbons (Fsp3) is 0.308. The zero-order chi connectivity index (χ0) is 12.3. The number of para-hydroxylation sites is 1. The van der Waals surface area contributed by atoms with Gasteiger partial charge in [0.25, 0.3) is 5.91 Å². The lowest BCUT2D eigenvalue weighted by atomic mass is 10.1. The minimum atomic E-state index is -0.242. The molecule has 0 aliphatic rings. The average Bonchev–Trinajstić information content (AvgIpc) is 2.73. The number of hydrogen-bond donors (Lipinski definition) is 3. The lowest BCUT2D eigenvalue weighted by Gasteiger charge is -2.07. The van der Waals surface area contributed by atoms with Crippen LogP contribution in [0.4, 0.5) is 0 Å². The number of hydrogen-bond acceptors (Lipinski definition) is 1. The summed E-state index contributed by atoms with van der Waals surface area (Å²) in [4.78, 5) is 14.8. The van der Waals surface area contributed by atoms with Crippen LogP contribution in [0.15, 0.2) is 30.5 Å². The quantitative estimate of drug-likeness (QED) is 0.704. The maximum absolute atomic E-state index is 11.6. The molecule has 4 heteroatoms. The first-order valence-electron chi connectivity index (χ1n) is 5.88. The number of aromatic nitrogens is 1. The van der Waals surface area contributed by atoms with E-state index in [9.17, 15) is 4.79 Å². The van der Waals surface area contributed by atoms with Crippen molar-refractivity contribution in [2.45, 2.75) is 19.4 Å². The highest BCUT2D eigenvalue weighted by molar-refractivity contribution is 5.85. The van der Waals surface area contributed by atoms with Crippen molar-refractivity contribution in [2.75, 3.05) is 6.54 Å². The number of H-pyrrole nitrogens is 1. The molecular formula is C13H18N3O+.